The summed E-state index contributed by atoms with van der Waals surface area (Å²) in [4.78, 5) is 11.4. The van der Waals surface area contributed by atoms with Crippen molar-refractivity contribution < 1.29 is 17.9 Å². The van der Waals surface area contributed by atoms with Gasteiger partial charge in [0.1, 0.15) is 6.04 Å². The van der Waals surface area contributed by atoms with Crippen LogP contribution in [0.25, 0.3) is 0 Å². The quantitative estimate of drug-likeness (QED) is 0.513. The van der Waals surface area contributed by atoms with Crippen LogP contribution in [0.3, 0.4) is 0 Å². The van der Waals surface area contributed by atoms with Crippen molar-refractivity contribution in [2.75, 3.05) is 7.11 Å². The van der Waals surface area contributed by atoms with Gasteiger partial charge < -0.3 is 4.74 Å². The lowest BCUT2D eigenvalue weighted by Crippen LogP contribution is -2.44. The van der Waals surface area contributed by atoms with Gasteiger partial charge in [0, 0.05) is 0 Å². The third kappa shape index (κ3) is 5.64. The highest BCUT2D eigenvalue weighted by molar-refractivity contribution is 7.90. The van der Waals surface area contributed by atoms with Crippen molar-refractivity contribution >= 4 is 16.0 Å². The largest absolute Gasteiger partial charge is 0.468 e. The molecule has 0 fully saturated rings. The fraction of sp³-hybridized carbons (Fsp3) is 0.750. The third-order valence-corrected chi connectivity index (χ3v) is 4.60. The van der Waals surface area contributed by atoms with Crippen LogP contribution in [0.15, 0.2) is 12.7 Å². The average Bonchev–Trinajstić information content (AvgIpc) is 2.34. The predicted octanol–water partition coefficient (Wildman–Crippen LogP) is 1.60. The molecule has 0 aromatic heterocycles. The van der Waals surface area contributed by atoms with Gasteiger partial charge in [-0.05, 0) is 19.8 Å². The van der Waals surface area contributed by atoms with Crippen molar-refractivity contribution in [3.63, 3.8) is 0 Å². The van der Waals surface area contributed by atoms with E-state index in [9.17, 15) is 13.2 Å². The van der Waals surface area contributed by atoms with E-state index in [4.69, 9.17) is 0 Å². The molecule has 0 aromatic carbocycles. The normalized spacial score (nSPS) is 14.8. The number of carbonyl (C=O) groups is 1. The van der Waals surface area contributed by atoms with Gasteiger partial charge in [-0.3, -0.25) is 4.79 Å². The van der Waals surface area contributed by atoms with Crippen LogP contribution in [0, 0.1) is 0 Å². The number of hydrogen-bond acceptors (Lipinski definition) is 4. The summed E-state index contributed by atoms with van der Waals surface area (Å²) >= 11 is 0. The van der Waals surface area contributed by atoms with Gasteiger partial charge in [-0.15, -0.1) is 6.58 Å². The van der Waals surface area contributed by atoms with Crippen molar-refractivity contribution in [1.82, 2.24) is 4.72 Å². The monoisotopic (exact) mass is 277 g/mol. The van der Waals surface area contributed by atoms with E-state index in [1.165, 1.54) is 13.2 Å². The van der Waals surface area contributed by atoms with Gasteiger partial charge in [-0.25, -0.2) is 13.1 Å². The van der Waals surface area contributed by atoms with E-state index in [0.717, 1.165) is 12.8 Å². The van der Waals surface area contributed by atoms with Crippen molar-refractivity contribution in [3.8, 4) is 0 Å². The van der Waals surface area contributed by atoms with E-state index in [1.54, 1.807) is 6.92 Å². The second-order valence-corrected chi connectivity index (χ2v) is 6.35. The highest BCUT2D eigenvalue weighted by atomic mass is 32.2. The first kappa shape index (κ1) is 17.1. The molecule has 2 unspecified atom stereocenters. The zero-order chi connectivity index (χ0) is 14.2. The SMILES string of the molecule is C=CCC(NS(=O)(=O)C(C)CCCC)C(=O)OC. The summed E-state index contributed by atoms with van der Waals surface area (Å²) in [7, 11) is -2.28. The predicted molar refractivity (Wildman–Crippen MR) is 71.7 cm³/mol. The van der Waals surface area contributed by atoms with E-state index >= 15 is 0 Å². The zero-order valence-corrected chi connectivity index (χ0v) is 12.1. The minimum Gasteiger partial charge on any atom is -0.468 e. The van der Waals surface area contributed by atoms with E-state index in [0.29, 0.717) is 6.42 Å². The van der Waals surface area contributed by atoms with Crippen LogP contribution in [0.2, 0.25) is 0 Å². The van der Waals surface area contributed by atoms with Crippen molar-refractivity contribution in [2.45, 2.75) is 50.8 Å². The Morgan fingerprint density at radius 2 is 2.11 bits per heavy atom. The average molecular weight is 277 g/mol. The summed E-state index contributed by atoms with van der Waals surface area (Å²) < 4.78 is 30.9. The maximum atomic E-state index is 12.0. The molecule has 106 valence electrons. The second-order valence-electron chi connectivity index (χ2n) is 4.22. The minimum atomic E-state index is -3.51. The molecular formula is C12H23NO4S. The molecule has 0 aliphatic carbocycles. The molecule has 5 nitrogen and oxygen atoms in total. The topological polar surface area (TPSA) is 72.5 Å². The molecular weight excluding hydrogens is 254 g/mol. The standard InChI is InChI=1S/C12H23NO4S/c1-5-7-9-10(3)18(15,16)13-11(8-6-2)12(14)17-4/h6,10-11,13H,2,5,7-9H2,1,3-4H3. The minimum absolute atomic E-state index is 0.215. The molecule has 0 aliphatic heterocycles. The Bertz CT molecular complexity index is 364. The Morgan fingerprint density at radius 3 is 2.56 bits per heavy atom. The Hall–Kier alpha value is -0.880. The molecule has 6 heteroatoms. The molecule has 0 saturated heterocycles. The molecule has 2 atom stereocenters. The molecule has 0 spiro atoms. The number of carbonyl (C=O) groups excluding carboxylic acids is 1. The van der Waals surface area contributed by atoms with Crippen molar-refractivity contribution in [1.29, 1.82) is 0 Å². The van der Waals surface area contributed by atoms with E-state index < -0.39 is 27.3 Å². The first-order chi connectivity index (χ1) is 8.38. The smallest absolute Gasteiger partial charge is 0.324 e. The van der Waals surface area contributed by atoms with Crippen LogP contribution in [-0.4, -0.2) is 32.8 Å². The molecule has 0 rings (SSSR count). The van der Waals surface area contributed by atoms with Gasteiger partial charge in [-0.2, -0.15) is 0 Å². The summed E-state index contributed by atoms with van der Waals surface area (Å²) in [5.41, 5.74) is 0. The van der Waals surface area contributed by atoms with Crippen LogP contribution in [0.4, 0.5) is 0 Å². The van der Waals surface area contributed by atoms with E-state index in [-0.39, 0.29) is 6.42 Å². The first-order valence-electron chi connectivity index (χ1n) is 6.08. The Morgan fingerprint density at radius 1 is 1.50 bits per heavy atom. The van der Waals surface area contributed by atoms with Crippen molar-refractivity contribution in [3.05, 3.63) is 12.7 Å². The number of sulfonamides is 1. The Labute approximate surface area is 110 Å². The van der Waals surface area contributed by atoms with Gasteiger partial charge in [0.2, 0.25) is 10.0 Å². The van der Waals surface area contributed by atoms with E-state index in [2.05, 4.69) is 16.0 Å². The van der Waals surface area contributed by atoms with Crippen molar-refractivity contribution in [2.24, 2.45) is 0 Å². The molecule has 0 aliphatic rings. The molecule has 0 amide bonds. The van der Waals surface area contributed by atoms with Gasteiger partial charge in [-0.1, -0.05) is 25.8 Å². The fourth-order valence-corrected chi connectivity index (χ4v) is 2.76. The lowest BCUT2D eigenvalue weighted by atomic mass is 10.2. The van der Waals surface area contributed by atoms with Gasteiger partial charge in [0.25, 0.3) is 0 Å². The third-order valence-electron chi connectivity index (χ3n) is 2.69. The summed E-state index contributed by atoms with van der Waals surface area (Å²) in [5, 5.41) is -0.519. The number of rotatable bonds is 9. The summed E-state index contributed by atoms with van der Waals surface area (Å²) in [6.45, 7) is 7.14. The fourth-order valence-electron chi connectivity index (χ4n) is 1.46. The van der Waals surface area contributed by atoms with E-state index in [1.807, 2.05) is 6.92 Å². The number of nitrogens with one attached hydrogen (secondary N) is 1. The highest BCUT2D eigenvalue weighted by Crippen LogP contribution is 2.10. The van der Waals surface area contributed by atoms with Crippen LogP contribution >= 0.6 is 0 Å². The molecule has 0 heterocycles. The molecule has 0 radical (unpaired) electrons. The number of esters is 1. The highest BCUT2D eigenvalue weighted by Gasteiger charge is 2.27. The molecule has 18 heavy (non-hydrogen) atoms. The van der Waals surface area contributed by atoms with Crippen LogP contribution < -0.4 is 4.72 Å². The maximum Gasteiger partial charge on any atom is 0.324 e. The summed E-state index contributed by atoms with van der Waals surface area (Å²) in [6, 6.07) is -0.887. The number of hydrogen-bond donors (Lipinski definition) is 1. The van der Waals surface area contributed by atoms with Crippen LogP contribution in [0.5, 0.6) is 0 Å². The Kier molecular flexibility index (Phi) is 7.86. The Balaban J connectivity index is 4.69. The maximum absolute atomic E-state index is 12.0. The molecule has 0 bridgehead atoms. The molecule has 0 saturated carbocycles. The van der Waals surface area contributed by atoms with Gasteiger partial charge in [0.15, 0.2) is 0 Å². The van der Waals surface area contributed by atoms with Gasteiger partial charge in [0.05, 0.1) is 12.4 Å². The lowest BCUT2D eigenvalue weighted by molar-refractivity contribution is -0.142. The number of ether oxygens (including phenoxy) is 1. The van der Waals surface area contributed by atoms with Gasteiger partial charge >= 0.3 is 5.97 Å². The summed E-state index contributed by atoms with van der Waals surface area (Å²) in [6.07, 6.45) is 4.06. The first-order valence-corrected chi connectivity index (χ1v) is 7.63. The molecule has 0 aromatic rings. The summed E-state index contributed by atoms with van der Waals surface area (Å²) in [5.74, 6) is -0.596. The number of methoxy groups -OCH3 is 1. The zero-order valence-electron chi connectivity index (χ0n) is 11.3. The van der Waals surface area contributed by atoms with Crippen LogP contribution in [0.1, 0.15) is 39.5 Å². The van der Waals surface area contributed by atoms with Crippen LogP contribution in [-0.2, 0) is 19.6 Å². The second kappa shape index (κ2) is 8.26. The molecule has 1 N–H and O–H groups in total. The number of unbranched alkanes of at least 4 members (excludes halogenated alkanes) is 1. The lowest BCUT2D eigenvalue weighted by Gasteiger charge is -2.18.